The van der Waals surface area contributed by atoms with Gasteiger partial charge >= 0.3 is 5.97 Å². The topological polar surface area (TPSA) is 64.6 Å². The minimum atomic E-state index is -0.399. The number of rotatable bonds is 6. The largest absolute Gasteiger partial charge is 0.495 e. The summed E-state index contributed by atoms with van der Waals surface area (Å²) in [5.41, 5.74) is 1.88. The molecule has 0 aromatic heterocycles. The number of esters is 1. The summed E-state index contributed by atoms with van der Waals surface area (Å²) in [6, 6.07) is 3.58. The highest BCUT2D eigenvalue weighted by molar-refractivity contribution is 6.32. The molecule has 6 heteroatoms. The molecule has 0 heterocycles. The van der Waals surface area contributed by atoms with E-state index in [1.54, 1.807) is 13.2 Å². The van der Waals surface area contributed by atoms with Crippen molar-refractivity contribution in [2.24, 2.45) is 0 Å². The van der Waals surface area contributed by atoms with Crippen molar-refractivity contribution in [3.63, 3.8) is 0 Å². The van der Waals surface area contributed by atoms with Gasteiger partial charge in [-0.05, 0) is 30.2 Å². The summed E-state index contributed by atoms with van der Waals surface area (Å²) < 4.78 is 9.59. The third-order valence-electron chi connectivity index (χ3n) is 2.87. The molecule has 1 amide bonds. The molecule has 0 bridgehead atoms. The van der Waals surface area contributed by atoms with Crippen LogP contribution in [-0.4, -0.2) is 26.1 Å². The average molecular weight is 300 g/mol. The van der Waals surface area contributed by atoms with Gasteiger partial charge in [-0.15, -0.1) is 0 Å². The number of methoxy groups -OCH3 is 2. The summed E-state index contributed by atoms with van der Waals surface area (Å²) >= 11 is 6.04. The number of hydrogen-bond acceptors (Lipinski definition) is 4. The first-order valence-corrected chi connectivity index (χ1v) is 6.52. The second kappa shape index (κ2) is 7.75. The fourth-order valence-corrected chi connectivity index (χ4v) is 1.91. The number of halogens is 1. The first kappa shape index (κ1) is 16.3. The zero-order chi connectivity index (χ0) is 15.1. The van der Waals surface area contributed by atoms with Gasteiger partial charge in [-0.25, -0.2) is 0 Å². The lowest BCUT2D eigenvalue weighted by Crippen LogP contribution is -2.23. The summed E-state index contributed by atoms with van der Waals surface area (Å²) in [5, 5.41) is 3.23. The van der Waals surface area contributed by atoms with Crippen molar-refractivity contribution in [2.45, 2.75) is 26.3 Å². The van der Waals surface area contributed by atoms with Crippen LogP contribution < -0.4 is 10.1 Å². The van der Waals surface area contributed by atoms with Gasteiger partial charge in [-0.1, -0.05) is 11.6 Å². The van der Waals surface area contributed by atoms with Gasteiger partial charge in [-0.3, -0.25) is 9.59 Å². The molecule has 0 radical (unpaired) electrons. The Morgan fingerprint density at radius 3 is 2.55 bits per heavy atom. The number of carbonyl (C=O) groups is 2. The third-order valence-corrected chi connectivity index (χ3v) is 3.17. The van der Waals surface area contributed by atoms with Crippen molar-refractivity contribution in [2.75, 3.05) is 14.2 Å². The third kappa shape index (κ3) is 4.74. The van der Waals surface area contributed by atoms with Gasteiger partial charge in [0.25, 0.3) is 0 Å². The highest BCUT2D eigenvalue weighted by atomic mass is 35.5. The maximum absolute atomic E-state index is 11.6. The van der Waals surface area contributed by atoms with Crippen LogP contribution in [0.15, 0.2) is 12.1 Å². The lowest BCUT2D eigenvalue weighted by molar-refractivity contribution is -0.142. The van der Waals surface area contributed by atoms with Gasteiger partial charge in [-0.2, -0.15) is 0 Å². The molecule has 1 aromatic rings. The number of ether oxygens (including phenoxy) is 2. The van der Waals surface area contributed by atoms with E-state index in [9.17, 15) is 9.59 Å². The Kier molecular flexibility index (Phi) is 6.31. The number of benzene rings is 1. The lowest BCUT2D eigenvalue weighted by Gasteiger charge is -2.11. The van der Waals surface area contributed by atoms with Crippen molar-refractivity contribution in [3.8, 4) is 5.75 Å². The van der Waals surface area contributed by atoms with E-state index in [4.69, 9.17) is 16.3 Å². The molecule has 0 aliphatic carbocycles. The van der Waals surface area contributed by atoms with Crippen molar-refractivity contribution in [1.29, 1.82) is 0 Å². The molecule has 0 unspecified atom stereocenters. The molecular formula is C14H18ClNO4. The molecule has 0 saturated carbocycles. The molecule has 0 atom stereocenters. The van der Waals surface area contributed by atoms with Crippen molar-refractivity contribution in [3.05, 3.63) is 28.3 Å². The highest BCUT2D eigenvalue weighted by Crippen LogP contribution is 2.27. The monoisotopic (exact) mass is 299 g/mol. The molecule has 1 rings (SSSR count). The molecule has 0 fully saturated rings. The van der Waals surface area contributed by atoms with E-state index in [0.29, 0.717) is 17.3 Å². The van der Waals surface area contributed by atoms with Crippen LogP contribution >= 0.6 is 11.6 Å². The second-order valence-electron chi connectivity index (χ2n) is 4.27. The highest BCUT2D eigenvalue weighted by Gasteiger charge is 2.09. The standard InChI is InChI=1S/C14H18ClNO4/c1-9-6-12(19-2)11(15)7-10(9)8-16-13(17)4-5-14(18)20-3/h6-7H,4-5,8H2,1-3H3,(H,16,17). The van der Waals surface area contributed by atoms with Crippen LogP contribution in [0.25, 0.3) is 0 Å². The van der Waals surface area contributed by atoms with Crippen LogP contribution in [0, 0.1) is 6.92 Å². The van der Waals surface area contributed by atoms with Crippen LogP contribution in [0.3, 0.4) is 0 Å². The number of nitrogens with one attached hydrogen (secondary N) is 1. The molecule has 1 N–H and O–H groups in total. The van der Waals surface area contributed by atoms with Crippen LogP contribution in [0.5, 0.6) is 5.75 Å². The van der Waals surface area contributed by atoms with E-state index in [0.717, 1.165) is 11.1 Å². The molecule has 110 valence electrons. The van der Waals surface area contributed by atoms with Crippen molar-refractivity contribution in [1.82, 2.24) is 5.32 Å². The summed E-state index contributed by atoms with van der Waals surface area (Å²) in [6.45, 7) is 2.27. The Hall–Kier alpha value is -1.75. The Morgan fingerprint density at radius 1 is 1.25 bits per heavy atom. The average Bonchev–Trinajstić information content (AvgIpc) is 2.44. The number of hydrogen-bond donors (Lipinski definition) is 1. The zero-order valence-electron chi connectivity index (χ0n) is 11.8. The zero-order valence-corrected chi connectivity index (χ0v) is 12.5. The van der Waals surface area contributed by atoms with Crippen LogP contribution in [0.2, 0.25) is 5.02 Å². The first-order valence-electron chi connectivity index (χ1n) is 6.14. The minimum Gasteiger partial charge on any atom is -0.495 e. The van der Waals surface area contributed by atoms with Gasteiger partial charge in [0.05, 0.1) is 25.7 Å². The summed E-state index contributed by atoms with van der Waals surface area (Å²) in [5.74, 6) is -0.00417. The van der Waals surface area contributed by atoms with E-state index < -0.39 is 5.97 Å². The van der Waals surface area contributed by atoms with Crippen LogP contribution in [-0.2, 0) is 20.9 Å². The number of aryl methyl sites for hydroxylation is 1. The summed E-state index contributed by atoms with van der Waals surface area (Å²) in [4.78, 5) is 22.5. The fourth-order valence-electron chi connectivity index (χ4n) is 1.64. The summed E-state index contributed by atoms with van der Waals surface area (Å²) in [6.07, 6.45) is 0.181. The molecule has 5 nitrogen and oxygen atoms in total. The van der Waals surface area contributed by atoms with E-state index in [2.05, 4.69) is 10.1 Å². The Morgan fingerprint density at radius 2 is 1.95 bits per heavy atom. The molecule has 1 aromatic carbocycles. The Bertz CT molecular complexity index is 502. The Balaban J connectivity index is 2.55. The van der Waals surface area contributed by atoms with E-state index in [1.165, 1.54) is 7.11 Å². The molecular weight excluding hydrogens is 282 g/mol. The SMILES string of the molecule is COC(=O)CCC(=O)NCc1cc(Cl)c(OC)cc1C. The van der Waals surface area contributed by atoms with Crippen LogP contribution in [0.1, 0.15) is 24.0 Å². The minimum absolute atomic E-state index is 0.0741. The maximum atomic E-state index is 11.6. The maximum Gasteiger partial charge on any atom is 0.306 e. The number of carbonyl (C=O) groups excluding carboxylic acids is 2. The second-order valence-corrected chi connectivity index (χ2v) is 4.67. The van der Waals surface area contributed by atoms with Crippen molar-refractivity contribution >= 4 is 23.5 Å². The van der Waals surface area contributed by atoms with Crippen LogP contribution in [0.4, 0.5) is 0 Å². The quantitative estimate of drug-likeness (QED) is 0.818. The Labute approximate surface area is 123 Å². The van der Waals surface area contributed by atoms with E-state index >= 15 is 0 Å². The fraction of sp³-hybridized carbons (Fsp3) is 0.429. The predicted octanol–water partition coefficient (Wildman–Crippen LogP) is 2.23. The molecule has 0 spiro atoms. The predicted molar refractivity (Wildman–Crippen MR) is 75.8 cm³/mol. The smallest absolute Gasteiger partial charge is 0.306 e. The lowest BCUT2D eigenvalue weighted by atomic mass is 10.1. The molecule has 0 aliphatic rings. The van der Waals surface area contributed by atoms with Gasteiger partial charge in [0.2, 0.25) is 5.91 Å². The van der Waals surface area contributed by atoms with E-state index in [-0.39, 0.29) is 18.7 Å². The summed E-state index contributed by atoms with van der Waals surface area (Å²) in [7, 11) is 2.85. The number of amides is 1. The van der Waals surface area contributed by atoms with Gasteiger partial charge < -0.3 is 14.8 Å². The van der Waals surface area contributed by atoms with Crippen molar-refractivity contribution < 1.29 is 19.1 Å². The molecule has 20 heavy (non-hydrogen) atoms. The molecule has 0 saturated heterocycles. The first-order chi connectivity index (χ1) is 9.47. The molecule has 0 aliphatic heterocycles. The normalized spacial score (nSPS) is 10.0. The van der Waals surface area contributed by atoms with E-state index in [1.807, 2.05) is 13.0 Å². The van der Waals surface area contributed by atoms with Gasteiger partial charge in [0.1, 0.15) is 5.75 Å². The van der Waals surface area contributed by atoms with Gasteiger partial charge in [0, 0.05) is 13.0 Å². The van der Waals surface area contributed by atoms with Gasteiger partial charge in [0.15, 0.2) is 0 Å².